The Kier molecular flexibility index (Phi) is 4.26. The van der Waals surface area contributed by atoms with Crippen LogP contribution in [0.3, 0.4) is 0 Å². The van der Waals surface area contributed by atoms with E-state index >= 15 is 0 Å². The van der Waals surface area contributed by atoms with Crippen LogP contribution in [0.15, 0.2) is 10.6 Å². The molecule has 1 aromatic rings. The van der Waals surface area contributed by atoms with Gasteiger partial charge in [0.25, 0.3) is 5.91 Å². The molecule has 0 spiro atoms. The number of rotatable bonds is 5. The van der Waals surface area contributed by atoms with Crippen LogP contribution in [-0.4, -0.2) is 41.1 Å². The van der Waals surface area contributed by atoms with Crippen LogP contribution < -0.4 is 5.32 Å². The number of hydrogen-bond acceptors (Lipinski definition) is 4. The Balaban J connectivity index is 1.65. The van der Waals surface area contributed by atoms with E-state index in [9.17, 15) is 4.79 Å². The van der Waals surface area contributed by atoms with Gasteiger partial charge in [0.1, 0.15) is 5.76 Å². The fourth-order valence-electron chi connectivity index (χ4n) is 3.31. The van der Waals surface area contributed by atoms with Crippen molar-refractivity contribution >= 4 is 5.91 Å². The Hall–Kier alpha value is -1.36. The maximum atomic E-state index is 12.4. The average molecular weight is 305 g/mol. The van der Waals surface area contributed by atoms with Gasteiger partial charge in [0, 0.05) is 37.2 Å². The van der Waals surface area contributed by atoms with E-state index in [0.29, 0.717) is 29.5 Å². The van der Waals surface area contributed by atoms with Crippen LogP contribution in [0.4, 0.5) is 0 Å². The van der Waals surface area contributed by atoms with Crippen molar-refractivity contribution in [3.63, 3.8) is 0 Å². The third-order valence-corrected chi connectivity index (χ3v) is 5.04. The topological polar surface area (TPSA) is 58.4 Å². The Morgan fingerprint density at radius 2 is 2.05 bits per heavy atom. The molecular formula is C17H27N3O2. The molecule has 2 aliphatic rings. The third-order valence-electron chi connectivity index (χ3n) is 5.04. The molecule has 1 aliphatic heterocycles. The second kappa shape index (κ2) is 6.03. The van der Waals surface area contributed by atoms with Gasteiger partial charge in [-0.2, -0.15) is 0 Å². The van der Waals surface area contributed by atoms with Crippen molar-refractivity contribution < 1.29 is 9.32 Å². The van der Waals surface area contributed by atoms with Gasteiger partial charge in [0.15, 0.2) is 5.69 Å². The van der Waals surface area contributed by atoms with E-state index < -0.39 is 0 Å². The molecule has 0 aromatic carbocycles. The number of carbonyl (C=O) groups is 1. The van der Waals surface area contributed by atoms with Crippen molar-refractivity contribution in [2.24, 2.45) is 11.8 Å². The average Bonchev–Trinajstić information content (AvgIpc) is 3.02. The second-order valence-electron chi connectivity index (χ2n) is 7.42. The Morgan fingerprint density at radius 1 is 1.32 bits per heavy atom. The lowest BCUT2D eigenvalue weighted by atomic mass is 9.91. The molecule has 2 heterocycles. The van der Waals surface area contributed by atoms with Crippen molar-refractivity contribution in [2.45, 2.75) is 58.5 Å². The number of hydrogen-bond donors (Lipinski definition) is 1. The summed E-state index contributed by atoms with van der Waals surface area (Å²) in [5.41, 5.74) is 0.424. The molecular weight excluding hydrogens is 278 g/mol. The normalized spacial score (nSPS) is 26.1. The van der Waals surface area contributed by atoms with Gasteiger partial charge in [0.05, 0.1) is 0 Å². The van der Waals surface area contributed by atoms with Crippen molar-refractivity contribution in [1.29, 1.82) is 0 Å². The first kappa shape index (κ1) is 15.5. The van der Waals surface area contributed by atoms with E-state index in [-0.39, 0.29) is 11.9 Å². The molecule has 0 unspecified atom stereocenters. The molecule has 5 nitrogen and oxygen atoms in total. The highest BCUT2D eigenvalue weighted by Gasteiger charge is 2.37. The maximum Gasteiger partial charge on any atom is 0.273 e. The summed E-state index contributed by atoms with van der Waals surface area (Å²) < 4.78 is 5.29. The minimum absolute atomic E-state index is 0.100. The lowest BCUT2D eigenvalue weighted by Gasteiger charge is -2.22. The summed E-state index contributed by atoms with van der Waals surface area (Å²) in [6.07, 6.45) is 2.30. The molecule has 1 saturated heterocycles. The minimum atomic E-state index is -0.100. The molecule has 22 heavy (non-hydrogen) atoms. The first-order chi connectivity index (χ1) is 10.5. The molecule has 1 N–H and O–H groups in total. The number of likely N-dealkylation sites (tertiary alicyclic amines) is 1. The predicted molar refractivity (Wildman–Crippen MR) is 84.8 cm³/mol. The molecule has 1 saturated carbocycles. The van der Waals surface area contributed by atoms with Gasteiger partial charge in [-0.3, -0.25) is 9.69 Å². The highest BCUT2D eigenvalue weighted by atomic mass is 16.5. The van der Waals surface area contributed by atoms with Crippen LogP contribution in [0.5, 0.6) is 0 Å². The molecule has 5 heteroatoms. The summed E-state index contributed by atoms with van der Waals surface area (Å²) in [6, 6.07) is 2.51. The minimum Gasteiger partial charge on any atom is -0.360 e. The van der Waals surface area contributed by atoms with E-state index in [1.807, 2.05) is 6.07 Å². The first-order valence-corrected chi connectivity index (χ1v) is 8.47. The molecule has 2 fully saturated rings. The van der Waals surface area contributed by atoms with Gasteiger partial charge in [-0.1, -0.05) is 19.0 Å². The molecule has 122 valence electrons. The molecule has 0 radical (unpaired) electrons. The zero-order valence-corrected chi connectivity index (χ0v) is 14.0. The van der Waals surface area contributed by atoms with Crippen LogP contribution in [-0.2, 0) is 0 Å². The van der Waals surface area contributed by atoms with Gasteiger partial charge in [-0.25, -0.2) is 0 Å². The number of nitrogens with zero attached hydrogens (tertiary/aromatic N) is 2. The Labute approximate surface area is 132 Å². The van der Waals surface area contributed by atoms with Gasteiger partial charge in [0.2, 0.25) is 0 Å². The van der Waals surface area contributed by atoms with E-state index in [1.54, 1.807) is 0 Å². The molecule has 1 aromatic heterocycles. The summed E-state index contributed by atoms with van der Waals surface area (Å²) in [6.45, 7) is 10.8. The predicted octanol–water partition coefficient (Wildman–Crippen LogP) is 2.65. The number of carbonyl (C=O) groups excluding carboxylic acids is 1. The van der Waals surface area contributed by atoms with Gasteiger partial charge >= 0.3 is 0 Å². The highest BCUT2D eigenvalue weighted by molar-refractivity contribution is 5.92. The fourth-order valence-corrected chi connectivity index (χ4v) is 3.31. The van der Waals surface area contributed by atoms with Gasteiger partial charge < -0.3 is 9.84 Å². The molecule has 1 aliphatic carbocycles. The molecule has 2 atom stereocenters. The van der Waals surface area contributed by atoms with Gasteiger partial charge in [-0.15, -0.1) is 0 Å². The first-order valence-electron chi connectivity index (χ1n) is 8.47. The zero-order chi connectivity index (χ0) is 15.9. The molecule has 3 rings (SSSR count). The summed E-state index contributed by atoms with van der Waals surface area (Å²) in [7, 11) is 0. The lowest BCUT2D eigenvalue weighted by molar-refractivity contribution is 0.0915. The van der Waals surface area contributed by atoms with Crippen LogP contribution in [0.25, 0.3) is 0 Å². The number of aromatic nitrogens is 1. The third kappa shape index (κ3) is 3.19. The van der Waals surface area contributed by atoms with Crippen LogP contribution >= 0.6 is 0 Å². The monoisotopic (exact) mass is 305 g/mol. The number of amides is 1. The van der Waals surface area contributed by atoms with Gasteiger partial charge in [-0.05, 0) is 38.5 Å². The van der Waals surface area contributed by atoms with Crippen LogP contribution in [0.2, 0.25) is 0 Å². The summed E-state index contributed by atoms with van der Waals surface area (Å²) in [5, 5.41) is 7.12. The second-order valence-corrected chi connectivity index (χ2v) is 7.42. The molecule has 1 amide bonds. The Bertz CT molecular complexity index is 534. The summed E-state index contributed by atoms with van der Waals surface area (Å²) in [5.74, 6) is 2.28. The van der Waals surface area contributed by atoms with Crippen molar-refractivity contribution in [3.8, 4) is 0 Å². The maximum absolute atomic E-state index is 12.4. The largest absolute Gasteiger partial charge is 0.360 e. The van der Waals surface area contributed by atoms with E-state index in [0.717, 1.165) is 31.7 Å². The number of nitrogens with one attached hydrogen (secondary N) is 1. The Morgan fingerprint density at radius 3 is 2.64 bits per heavy atom. The lowest BCUT2D eigenvalue weighted by Crippen LogP contribution is -2.42. The summed E-state index contributed by atoms with van der Waals surface area (Å²) in [4.78, 5) is 14.9. The fraction of sp³-hybridized carbons (Fsp3) is 0.765. The van der Waals surface area contributed by atoms with Crippen molar-refractivity contribution in [1.82, 2.24) is 15.4 Å². The molecule has 0 bridgehead atoms. The van der Waals surface area contributed by atoms with Crippen molar-refractivity contribution in [3.05, 3.63) is 17.5 Å². The zero-order valence-electron chi connectivity index (χ0n) is 14.0. The van der Waals surface area contributed by atoms with Crippen LogP contribution in [0, 0.1) is 11.8 Å². The SMILES string of the molecule is CC(C)[C@@H]1CN(C(C)C)C[C@@H]1NC(=O)c1cc(C2CC2)on1. The van der Waals surface area contributed by atoms with Crippen molar-refractivity contribution in [2.75, 3.05) is 13.1 Å². The quantitative estimate of drug-likeness (QED) is 0.908. The standard InChI is InChI=1S/C17H27N3O2/c1-10(2)13-8-20(11(3)4)9-15(13)18-17(21)14-7-16(22-19-14)12-5-6-12/h7,10-13,15H,5-6,8-9H2,1-4H3,(H,18,21)/t13-,15-/m0/s1. The van der Waals surface area contributed by atoms with E-state index in [2.05, 4.69) is 43.1 Å². The highest BCUT2D eigenvalue weighted by Crippen LogP contribution is 2.40. The summed E-state index contributed by atoms with van der Waals surface area (Å²) >= 11 is 0. The van der Waals surface area contributed by atoms with E-state index in [4.69, 9.17) is 4.52 Å². The van der Waals surface area contributed by atoms with E-state index in [1.165, 1.54) is 0 Å². The van der Waals surface area contributed by atoms with Crippen LogP contribution in [0.1, 0.15) is 62.7 Å². The smallest absolute Gasteiger partial charge is 0.273 e.